The first-order valence-electron chi connectivity index (χ1n) is 5.02. The van der Waals surface area contributed by atoms with E-state index < -0.39 is 10.0 Å². The van der Waals surface area contributed by atoms with Crippen LogP contribution in [0.1, 0.15) is 18.9 Å². The first-order chi connectivity index (χ1) is 7.57. The summed E-state index contributed by atoms with van der Waals surface area (Å²) in [5, 5.41) is 10.4. The minimum absolute atomic E-state index is 0.109. The third-order valence-electron chi connectivity index (χ3n) is 1.97. The molecule has 0 aliphatic rings. The van der Waals surface area contributed by atoms with Crippen molar-refractivity contribution in [2.45, 2.75) is 19.1 Å². The van der Waals surface area contributed by atoms with E-state index in [2.05, 4.69) is 4.72 Å². The SMILES string of the molecule is CCCNS(=O)(=O)Cc1cccc(N[O-])c1. The lowest BCUT2D eigenvalue weighted by Crippen LogP contribution is -2.25. The zero-order valence-electron chi connectivity index (χ0n) is 9.06. The lowest BCUT2D eigenvalue weighted by Gasteiger charge is -2.11. The van der Waals surface area contributed by atoms with Gasteiger partial charge < -0.3 is 10.7 Å². The Morgan fingerprint density at radius 2 is 2.12 bits per heavy atom. The standard InChI is InChI=1S/C10H15N2O3S/c1-2-6-11-16(14,15)8-9-4-3-5-10(7-9)12-13/h3-5,7,11-12H,2,6,8H2,1H3/q-1. The van der Waals surface area contributed by atoms with Crippen molar-refractivity contribution in [1.29, 1.82) is 0 Å². The average Bonchev–Trinajstić information content (AvgIpc) is 2.26. The summed E-state index contributed by atoms with van der Waals surface area (Å²) in [6, 6.07) is 6.43. The van der Waals surface area contributed by atoms with Crippen LogP contribution in [0.5, 0.6) is 0 Å². The molecule has 2 N–H and O–H groups in total. The predicted molar refractivity (Wildman–Crippen MR) is 64.3 cm³/mol. The van der Waals surface area contributed by atoms with Crippen LogP contribution in [0.2, 0.25) is 0 Å². The Hall–Kier alpha value is -1.11. The predicted octanol–water partition coefficient (Wildman–Crippen LogP) is 1.43. The van der Waals surface area contributed by atoms with Gasteiger partial charge in [-0.2, -0.15) is 0 Å². The highest BCUT2D eigenvalue weighted by atomic mass is 32.2. The van der Waals surface area contributed by atoms with Crippen molar-refractivity contribution in [3.63, 3.8) is 0 Å². The maximum Gasteiger partial charge on any atom is 0.215 e. The normalized spacial score (nSPS) is 11.4. The molecule has 0 saturated carbocycles. The molecule has 0 saturated heterocycles. The third-order valence-corrected chi connectivity index (χ3v) is 3.33. The van der Waals surface area contributed by atoms with Gasteiger partial charge in [-0.1, -0.05) is 19.1 Å². The Bertz CT molecular complexity index is 431. The molecular weight excluding hydrogens is 228 g/mol. The number of anilines is 1. The highest BCUT2D eigenvalue weighted by Gasteiger charge is 2.10. The second kappa shape index (κ2) is 5.83. The van der Waals surface area contributed by atoms with Crippen molar-refractivity contribution < 1.29 is 8.42 Å². The van der Waals surface area contributed by atoms with Crippen molar-refractivity contribution in [3.8, 4) is 0 Å². The van der Waals surface area contributed by atoms with Crippen LogP contribution < -0.4 is 10.2 Å². The molecule has 1 aromatic rings. The van der Waals surface area contributed by atoms with Gasteiger partial charge in [0, 0.05) is 12.2 Å². The quantitative estimate of drug-likeness (QED) is 0.740. The number of sulfonamides is 1. The van der Waals surface area contributed by atoms with Gasteiger partial charge in [-0.25, -0.2) is 13.1 Å². The Morgan fingerprint density at radius 1 is 1.38 bits per heavy atom. The Labute approximate surface area is 95.5 Å². The molecule has 0 atom stereocenters. The van der Waals surface area contributed by atoms with Crippen molar-refractivity contribution in [3.05, 3.63) is 35.0 Å². The highest BCUT2D eigenvalue weighted by Crippen LogP contribution is 2.12. The molecule has 0 bridgehead atoms. The van der Waals surface area contributed by atoms with Gasteiger partial charge in [0.2, 0.25) is 10.0 Å². The number of benzene rings is 1. The molecule has 6 heteroatoms. The van der Waals surface area contributed by atoms with E-state index in [0.717, 1.165) is 6.42 Å². The summed E-state index contributed by atoms with van der Waals surface area (Å²) in [7, 11) is -3.30. The maximum absolute atomic E-state index is 11.5. The summed E-state index contributed by atoms with van der Waals surface area (Å²) in [5.41, 5.74) is 2.68. The minimum atomic E-state index is -3.30. The molecule has 1 rings (SSSR count). The molecule has 0 fully saturated rings. The minimum Gasteiger partial charge on any atom is -0.761 e. The second-order valence-electron chi connectivity index (χ2n) is 3.46. The molecule has 0 amide bonds. The second-order valence-corrected chi connectivity index (χ2v) is 5.26. The van der Waals surface area contributed by atoms with Crippen LogP contribution in [-0.4, -0.2) is 15.0 Å². The van der Waals surface area contributed by atoms with E-state index in [1.165, 1.54) is 6.07 Å². The summed E-state index contributed by atoms with van der Waals surface area (Å²) in [4.78, 5) is 0. The lowest BCUT2D eigenvalue weighted by atomic mass is 10.2. The summed E-state index contributed by atoms with van der Waals surface area (Å²) in [5.74, 6) is -0.109. The molecule has 0 aromatic heterocycles. The molecule has 90 valence electrons. The molecule has 0 unspecified atom stereocenters. The summed E-state index contributed by atoms with van der Waals surface area (Å²) in [6.45, 7) is 2.33. The largest absolute Gasteiger partial charge is 0.761 e. The van der Waals surface area contributed by atoms with Gasteiger partial charge in [0.05, 0.1) is 5.75 Å². The molecule has 0 aliphatic heterocycles. The van der Waals surface area contributed by atoms with Crippen molar-refractivity contribution in [2.75, 3.05) is 12.0 Å². The molecule has 0 spiro atoms. The smallest absolute Gasteiger partial charge is 0.215 e. The fourth-order valence-corrected chi connectivity index (χ4v) is 2.49. The number of hydrogen-bond acceptors (Lipinski definition) is 4. The van der Waals surface area contributed by atoms with E-state index in [4.69, 9.17) is 0 Å². The van der Waals surface area contributed by atoms with Gasteiger partial charge in [-0.15, -0.1) is 0 Å². The summed E-state index contributed by atoms with van der Waals surface area (Å²) < 4.78 is 25.6. The molecular formula is C10H15N2O3S-. The number of rotatable bonds is 6. The van der Waals surface area contributed by atoms with Crippen LogP contribution in [0.4, 0.5) is 5.69 Å². The maximum atomic E-state index is 11.5. The van der Waals surface area contributed by atoms with E-state index >= 15 is 0 Å². The van der Waals surface area contributed by atoms with E-state index in [-0.39, 0.29) is 5.75 Å². The van der Waals surface area contributed by atoms with Gasteiger partial charge in [-0.3, -0.25) is 0 Å². The fraction of sp³-hybridized carbons (Fsp3) is 0.400. The average molecular weight is 243 g/mol. The van der Waals surface area contributed by atoms with Crippen LogP contribution in [0.25, 0.3) is 0 Å². The Morgan fingerprint density at radius 3 is 2.75 bits per heavy atom. The van der Waals surface area contributed by atoms with Crippen molar-refractivity contribution in [2.24, 2.45) is 0 Å². The van der Waals surface area contributed by atoms with Gasteiger partial charge in [-0.05, 0) is 24.1 Å². The number of nitrogens with one attached hydrogen (secondary N) is 2. The van der Waals surface area contributed by atoms with Crippen LogP contribution in [0.3, 0.4) is 0 Å². The molecule has 0 aliphatic carbocycles. The molecule has 0 radical (unpaired) electrons. The lowest BCUT2D eigenvalue weighted by molar-refractivity contribution is 0.580. The Kier molecular flexibility index (Phi) is 4.72. The first kappa shape index (κ1) is 13.0. The highest BCUT2D eigenvalue weighted by molar-refractivity contribution is 7.88. The van der Waals surface area contributed by atoms with Crippen molar-refractivity contribution in [1.82, 2.24) is 4.72 Å². The molecule has 16 heavy (non-hydrogen) atoms. The van der Waals surface area contributed by atoms with Crippen LogP contribution in [0.15, 0.2) is 24.3 Å². The molecule has 0 heterocycles. The number of hydrogen-bond donors (Lipinski definition) is 2. The monoisotopic (exact) mass is 243 g/mol. The van der Waals surface area contributed by atoms with Gasteiger partial charge in [0.25, 0.3) is 0 Å². The third kappa shape index (κ3) is 4.18. The summed E-state index contributed by atoms with van der Waals surface area (Å²) in [6.07, 6.45) is 0.751. The first-order valence-corrected chi connectivity index (χ1v) is 6.67. The van der Waals surface area contributed by atoms with E-state index in [9.17, 15) is 13.6 Å². The van der Waals surface area contributed by atoms with Crippen molar-refractivity contribution >= 4 is 15.7 Å². The molecule has 5 nitrogen and oxygen atoms in total. The van der Waals surface area contributed by atoms with Gasteiger partial charge in [0.15, 0.2) is 0 Å². The summed E-state index contributed by atoms with van der Waals surface area (Å²) >= 11 is 0. The van der Waals surface area contributed by atoms with Gasteiger partial charge >= 0.3 is 0 Å². The van der Waals surface area contributed by atoms with Crippen LogP contribution in [0, 0.1) is 5.21 Å². The van der Waals surface area contributed by atoms with E-state index in [0.29, 0.717) is 17.8 Å². The zero-order chi connectivity index (χ0) is 12.0. The fourth-order valence-electron chi connectivity index (χ4n) is 1.25. The topological polar surface area (TPSA) is 81.3 Å². The van der Waals surface area contributed by atoms with E-state index in [1.54, 1.807) is 23.7 Å². The van der Waals surface area contributed by atoms with Crippen LogP contribution >= 0.6 is 0 Å². The van der Waals surface area contributed by atoms with Gasteiger partial charge in [0.1, 0.15) is 0 Å². The van der Waals surface area contributed by atoms with Crippen LogP contribution in [-0.2, 0) is 15.8 Å². The van der Waals surface area contributed by atoms with E-state index in [1.807, 2.05) is 6.92 Å². The molecule has 1 aromatic carbocycles. The zero-order valence-corrected chi connectivity index (χ0v) is 9.88. The Balaban J connectivity index is 2.72.